The van der Waals surface area contributed by atoms with E-state index in [0.717, 1.165) is 15.6 Å². The minimum atomic E-state index is -0.162. The van der Waals surface area contributed by atoms with Gasteiger partial charge in [0.1, 0.15) is 0 Å². The van der Waals surface area contributed by atoms with Gasteiger partial charge in [-0.05, 0) is 35.4 Å². The van der Waals surface area contributed by atoms with E-state index in [0.29, 0.717) is 5.56 Å². The van der Waals surface area contributed by atoms with E-state index in [-0.39, 0.29) is 5.91 Å². The Hall–Kier alpha value is -1.65. The molecule has 0 aromatic heterocycles. The summed E-state index contributed by atoms with van der Waals surface area (Å²) in [5.41, 5.74) is 2.79. The summed E-state index contributed by atoms with van der Waals surface area (Å²) in [7, 11) is 3.05. The van der Waals surface area contributed by atoms with Crippen LogP contribution in [0.4, 0.5) is 0 Å². The molecule has 0 aliphatic heterocycles. The second kappa shape index (κ2) is 5.99. The normalized spacial score (nSPS) is 10.3. The summed E-state index contributed by atoms with van der Waals surface area (Å²) in [6, 6.07) is 15.5. The Bertz CT molecular complexity index is 564. The van der Waals surface area contributed by atoms with E-state index in [1.165, 1.54) is 12.2 Å². The highest BCUT2D eigenvalue weighted by atomic mass is 79.9. The Morgan fingerprint density at radius 2 is 1.47 bits per heavy atom. The average molecular weight is 320 g/mol. The maximum absolute atomic E-state index is 11.9. The summed E-state index contributed by atoms with van der Waals surface area (Å²) in [4.78, 5) is 16.7. The molecule has 0 N–H and O–H groups in total. The first-order chi connectivity index (χ1) is 9.11. The Kier molecular flexibility index (Phi) is 4.35. The van der Waals surface area contributed by atoms with Crippen LogP contribution in [-0.4, -0.2) is 25.1 Å². The van der Waals surface area contributed by atoms with Crippen molar-refractivity contribution in [2.75, 3.05) is 14.2 Å². The number of rotatable bonds is 3. The van der Waals surface area contributed by atoms with Crippen LogP contribution in [0.3, 0.4) is 0 Å². The number of halogens is 1. The van der Waals surface area contributed by atoms with Gasteiger partial charge in [0, 0.05) is 17.1 Å². The third-order valence-electron chi connectivity index (χ3n) is 2.87. The van der Waals surface area contributed by atoms with Crippen molar-refractivity contribution in [3.8, 4) is 11.1 Å². The molecule has 0 spiro atoms. The van der Waals surface area contributed by atoms with Crippen LogP contribution in [0.25, 0.3) is 11.1 Å². The van der Waals surface area contributed by atoms with Crippen LogP contribution in [0.15, 0.2) is 53.0 Å². The van der Waals surface area contributed by atoms with Crippen molar-refractivity contribution in [3.05, 3.63) is 58.6 Å². The van der Waals surface area contributed by atoms with Crippen LogP contribution >= 0.6 is 15.9 Å². The highest BCUT2D eigenvalue weighted by Gasteiger charge is 2.10. The van der Waals surface area contributed by atoms with Crippen molar-refractivity contribution >= 4 is 21.8 Å². The van der Waals surface area contributed by atoms with E-state index in [1.54, 1.807) is 19.2 Å². The molecule has 0 heterocycles. The standard InChI is InChI=1S/C15H14BrNO2/c1-17(19-2)15(18)13-5-3-11(4-6-13)12-7-9-14(16)10-8-12/h3-10H,1-2H3. The zero-order chi connectivity index (χ0) is 13.8. The zero-order valence-electron chi connectivity index (χ0n) is 10.8. The SMILES string of the molecule is CON(C)C(=O)c1ccc(-c2ccc(Br)cc2)cc1. The van der Waals surface area contributed by atoms with Crippen molar-refractivity contribution in [2.45, 2.75) is 0 Å². The minimum absolute atomic E-state index is 0.162. The third kappa shape index (κ3) is 3.22. The van der Waals surface area contributed by atoms with Gasteiger partial charge in [-0.1, -0.05) is 40.2 Å². The summed E-state index contributed by atoms with van der Waals surface area (Å²) in [6.07, 6.45) is 0. The van der Waals surface area contributed by atoms with Crippen molar-refractivity contribution in [1.29, 1.82) is 0 Å². The molecule has 3 nitrogen and oxygen atoms in total. The lowest BCUT2D eigenvalue weighted by Crippen LogP contribution is -2.25. The molecular formula is C15H14BrNO2. The minimum Gasteiger partial charge on any atom is -0.274 e. The molecule has 0 atom stereocenters. The fourth-order valence-corrected chi connectivity index (χ4v) is 1.98. The molecule has 0 saturated carbocycles. The summed E-state index contributed by atoms with van der Waals surface area (Å²) in [5.74, 6) is -0.162. The van der Waals surface area contributed by atoms with Gasteiger partial charge in [0.15, 0.2) is 0 Å². The molecule has 2 aromatic carbocycles. The van der Waals surface area contributed by atoms with Crippen LogP contribution in [0.2, 0.25) is 0 Å². The monoisotopic (exact) mass is 319 g/mol. The summed E-state index contributed by atoms with van der Waals surface area (Å²) in [5, 5.41) is 1.20. The van der Waals surface area contributed by atoms with E-state index < -0.39 is 0 Å². The summed E-state index contributed by atoms with van der Waals surface area (Å²) in [6.45, 7) is 0. The van der Waals surface area contributed by atoms with Gasteiger partial charge >= 0.3 is 0 Å². The van der Waals surface area contributed by atoms with Gasteiger partial charge < -0.3 is 0 Å². The zero-order valence-corrected chi connectivity index (χ0v) is 12.3. The Balaban J connectivity index is 2.23. The van der Waals surface area contributed by atoms with E-state index in [9.17, 15) is 4.79 Å². The number of carbonyl (C=O) groups is 1. The van der Waals surface area contributed by atoms with Crippen LogP contribution in [0, 0.1) is 0 Å². The maximum atomic E-state index is 11.9. The second-order valence-electron chi connectivity index (χ2n) is 4.07. The number of carbonyl (C=O) groups excluding carboxylic acids is 1. The molecule has 0 aliphatic carbocycles. The maximum Gasteiger partial charge on any atom is 0.277 e. The molecular weight excluding hydrogens is 306 g/mol. The van der Waals surface area contributed by atoms with Crippen LogP contribution in [0.1, 0.15) is 10.4 Å². The first-order valence-corrected chi connectivity index (χ1v) is 6.59. The third-order valence-corrected chi connectivity index (χ3v) is 3.40. The molecule has 0 bridgehead atoms. The predicted octanol–water partition coefficient (Wildman–Crippen LogP) is 3.75. The Morgan fingerprint density at radius 3 is 1.95 bits per heavy atom. The van der Waals surface area contributed by atoms with Gasteiger partial charge in [-0.25, -0.2) is 5.06 Å². The largest absolute Gasteiger partial charge is 0.277 e. The number of hydrogen-bond donors (Lipinski definition) is 0. The van der Waals surface area contributed by atoms with Gasteiger partial charge in [0.05, 0.1) is 7.11 Å². The first-order valence-electron chi connectivity index (χ1n) is 5.80. The number of amides is 1. The van der Waals surface area contributed by atoms with Crippen LogP contribution < -0.4 is 0 Å². The number of hydroxylamine groups is 2. The quantitative estimate of drug-likeness (QED) is 0.806. The van der Waals surface area contributed by atoms with Crippen molar-refractivity contribution in [2.24, 2.45) is 0 Å². The highest BCUT2D eigenvalue weighted by molar-refractivity contribution is 9.10. The van der Waals surface area contributed by atoms with Gasteiger partial charge in [-0.3, -0.25) is 9.63 Å². The molecule has 0 fully saturated rings. The molecule has 0 radical (unpaired) electrons. The molecule has 1 amide bonds. The average Bonchev–Trinajstić information content (AvgIpc) is 2.46. The molecule has 2 rings (SSSR count). The fourth-order valence-electron chi connectivity index (χ4n) is 1.71. The lowest BCUT2D eigenvalue weighted by atomic mass is 10.0. The topological polar surface area (TPSA) is 29.5 Å². The van der Waals surface area contributed by atoms with E-state index >= 15 is 0 Å². The van der Waals surface area contributed by atoms with Gasteiger partial charge in [0.2, 0.25) is 0 Å². The van der Waals surface area contributed by atoms with Crippen molar-refractivity contribution in [1.82, 2.24) is 5.06 Å². The molecule has 0 aliphatic rings. The number of hydrogen-bond acceptors (Lipinski definition) is 2. The van der Waals surface area contributed by atoms with Crippen molar-refractivity contribution in [3.63, 3.8) is 0 Å². The molecule has 98 valence electrons. The van der Waals surface area contributed by atoms with E-state index in [1.807, 2.05) is 36.4 Å². The molecule has 0 saturated heterocycles. The molecule has 4 heteroatoms. The number of benzene rings is 2. The van der Waals surface area contributed by atoms with Gasteiger partial charge in [0.25, 0.3) is 5.91 Å². The van der Waals surface area contributed by atoms with Gasteiger partial charge in [-0.15, -0.1) is 0 Å². The molecule has 19 heavy (non-hydrogen) atoms. The predicted molar refractivity (Wildman–Crippen MR) is 78.7 cm³/mol. The van der Waals surface area contributed by atoms with Crippen LogP contribution in [0.5, 0.6) is 0 Å². The Labute approximate surface area is 120 Å². The number of nitrogens with zero attached hydrogens (tertiary/aromatic N) is 1. The summed E-state index contributed by atoms with van der Waals surface area (Å²) < 4.78 is 1.05. The first kappa shape index (κ1) is 13.8. The highest BCUT2D eigenvalue weighted by Crippen LogP contribution is 2.22. The lowest BCUT2D eigenvalue weighted by Gasteiger charge is -2.13. The van der Waals surface area contributed by atoms with Crippen molar-refractivity contribution < 1.29 is 9.63 Å². The second-order valence-corrected chi connectivity index (χ2v) is 4.99. The summed E-state index contributed by atoms with van der Waals surface area (Å²) >= 11 is 3.41. The molecule has 2 aromatic rings. The smallest absolute Gasteiger partial charge is 0.274 e. The lowest BCUT2D eigenvalue weighted by molar-refractivity contribution is -0.0756. The van der Waals surface area contributed by atoms with E-state index in [2.05, 4.69) is 15.9 Å². The Morgan fingerprint density at radius 1 is 1.00 bits per heavy atom. The molecule has 0 unspecified atom stereocenters. The van der Waals surface area contributed by atoms with Gasteiger partial charge in [-0.2, -0.15) is 0 Å². The van der Waals surface area contributed by atoms with E-state index in [4.69, 9.17) is 4.84 Å². The fraction of sp³-hybridized carbons (Fsp3) is 0.133. The van der Waals surface area contributed by atoms with Crippen LogP contribution in [-0.2, 0) is 4.84 Å².